The Morgan fingerprint density at radius 3 is 2.48 bits per heavy atom. The van der Waals surface area contributed by atoms with E-state index in [4.69, 9.17) is 23.2 Å². The van der Waals surface area contributed by atoms with Crippen LogP contribution in [0.2, 0.25) is 10.0 Å². The Labute approximate surface area is 199 Å². The van der Waals surface area contributed by atoms with E-state index in [-0.39, 0.29) is 17.6 Å². The SMILES string of the molecule is CCCCNC(=O)[C@@H](C)N(Cc1ccc(C)cc1)C(=O)CSCc1ccc(Cl)cc1Cl. The Balaban J connectivity index is 2.05. The molecule has 2 aromatic rings. The first kappa shape index (κ1) is 25.6. The molecule has 0 aromatic heterocycles. The number of hydrogen-bond acceptors (Lipinski definition) is 3. The Morgan fingerprint density at radius 1 is 1.13 bits per heavy atom. The third-order valence-corrected chi connectivity index (χ3v) is 6.52. The van der Waals surface area contributed by atoms with Crippen LogP contribution in [0.3, 0.4) is 0 Å². The Morgan fingerprint density at radius 2 is 1.84 bits per heavy atom. The molecular formula is C24H30Cl2N2O2S. The number of halogens is 2. The van der Waals surface area contributed by atoms with Crippen molar-refractivity contribution >= 4 is 46.8 Å². The molecule has 0 aliphatic rings. The van der Waals surface area contributed by atoms with Crippen LogP contribution in [-0.4, -0.2) is 35.1 Å². The van der Waals surface area contributed by atoms with E-state index in [0.29, 0.717) is 28.9 Å². The maximum atomic E-state index is 13.1. The number of amides is 2. The maximum absolute atomic E-state index is 13.1. The molecule has 31 heavy (non-hydrogen) atoms. The van der Waals surface area contributed by atoms with E-state index in [9.17, 15) is 9.59 Å². The van der Waals surface area contributed by atoms with Crippen LogP contribution < -0.4 is 5.32 Å². The van der Waals surface area contributed by atoms with Crippen molar-refractivity contribution in [2.45, 2.75) is 52.0 Å². The normalized spacial score (nSPS) is 11.8. The van der Waals surface area contributed by atoms with Crippen LogP contribution in [0.1, 0.15) is 43.4 Å². The predicted octanol–water partition coefficient (Wildman–Crippen LogP) is 5.87. The summed E-state index contributed by atoms with van der Waals surface area (Å²) in [5, 5.41) is 4.11. The zero-order valence-electron chi connectivity index (χ0n) is 18.3. The molecule has 0 unspecified atom stereocenters. The molecule has 1 N–H and O–H groups in total. The van der Waals surface area contributed by atoms with Gasteiger partial charge in [-0.25, -0.2) is 0 Å². The molecule has 2 rings (SSSR count). The van der Waals surface area contributed by atoms with Crippen molar-refractivity contribution in [1.29, 1.82) is 0 Å². The zero-order valence-corrected chi connectivity index (χ0v) is 20.6. The van der Waals surface area contributed by atoms with Crippen molar-refractivity contribution in [3.05, 3.63) is 69.2 Å². The van der Waals surface area contributed by atoms with Crippen molar-refractivity contribution in [1.82, 2.24) is 10.2 Å². The van der Waals surface area contributed by atoms with Gasteiger partial charge in [-0.1, -0.05) is 72.4 Å². The van der Waals surface area contributed by atoms with Gasteiger partial charge in [0.05, 0.1) is 5.75 Å². The minimum Gasteiger partial charge on any atom is -0.354 e. The fourth-order valence-electron chi connectivity index (χ4n) is 2.98. The Bertz CT molecular complexity index is 874. The topological polar surface area (TPSA) is 49.4 Å². The average molecular weight is 481 g/mol. The molecule has 7 heteroatoms. The molecule has 0 fully saturated rings. The van der Waals surface area contributed by atoms with E-state index in [2.05, 4.69) is 12.2 Å². The van der Waals surface area contributed by atoms with Gasteiger partial charge in [0.2, 0.25) is 11.8 Å². The number of nitrogens with one attached hydrogen (secondary N) is 1. The second kappa shape index (κ2) is 13.0. The largest absolute Gasteiger partial charge is 0.354 e. The van der Waals surface area contributed by atoms with E-state index >= 15 is 0 Å². The zero-order chi connectivity index (χ0) is 22.8. The van der Waals surface area contributed by atoms with Gasteiger partial charge < -0.3 is 10.2 Å². The number of nitrogens with zero attached hydrogens (tertiary/aromatic N) is 1. The molecule has 0 heterocycles. The van der Waals surface area contributed by atoms with Crippen LogP contribution in [0, 0.1) is 6.92 Å². The molecule has 0 aliphatic heterocycles. The van der Waals surface area contributed by atoms with Crippen LogP contribution in [0.4, 0.5) is 0 Å². The van der Waals surface area contributed by atoms with Crippen LogP contribution in [0.15, 0.2) is 42.5 Å². The van der Waals surface area contributed by atoms with Gasteiger partial charge in [0.1, 0.15) is 6.04 Å². The average Bonchev–Trinajstić information content (AvgIpc) is 2.74. The van der Waals surface area contributed by atoms with Crippen molar-refractivity contribution in [2.75, 3.05) is 12.3 Å². The van der Waals surface area contributed by atoms with E-state index in [1.165, 1.54) is 11.8 Å². The van der Waals surface area contributed by atoms with Gasteiger partial charge in [-0.15, -0.1) is 11.8 Å². The van der Waals surface area contributed by atoms with E-state index in [1.807, 2.05) is 37.3 Å². The Kier molecular flexibility index (Phi) is 10.7. The number of benzene rings is 2. The molecule has 168 valence electrons. The lowest BCUT2D eigenvalue weighted by Crippen LogP contribution is -2.48. The second-order valence-electron chi connectivity index (χ2n) is 7.56. The van der Waals surface area contributed by atoms with Crippen molar-refractivity contribution < 1.29 is 9.59 Å². The minimum atomic E-state index is -0.551. The summed E-state index contributed by atoms with van der Waals surface area (Å²) in [7, 11) is 0. The van der Waals surface area contributed by atoms with Gasteiger partial charge in [0.15, 0.2) is 0 Å². The van der Waals surface area contributed by atoms with Crippen LogP contribution in [0.5, 0.6) is 0 Å². The van der Waals surface area contributed by atoms with Crippen LogP contribution in [0.25, 0.3) is 0 Å². The molecule has 0 bridgehead atoms. The first-order valence-electron chi connectivity index (χ1n) is 10.5. The lowest BCUT2D eigenvalue weighted by molar-refractivity contribution is -0.138. The molecule has 0 spiro atoms. The smallest absolute Gasteiger partial charge is 0.242 e. The molecule has 0 saturated heterocycles. The second-order valence-corrected chi connectivity index (χ2v) is 9.39. The number of carbonyl (C=O) groups excluding carboxylic acids is 2. The van der Waals surface area contributed by atoms with E-state index in [0.717, 1.165) is 29.5 Å². The van der Waals surface area contributed by atoms with Gasteiger partial charge in [-0.2, -0.15) is 0 Å². The van der Waals surface area contributed by atoms with Crippen LogP contribution >= 0.6 is 35.0 Å². The number of thioether (sulfide) groups is 1. The fraction of sp³-hybridized carbons (Fsp3) is 0.417. The number of aryl methyl sites for hydroxylation is 1. The maximum Gasteiger partial charge on any atom is 0.242 e. The van der Waals surface area contributed by atoms with Gasteiger partial charge >= 0.3 is 0 Å². The summed E-state index contributed by atoms with van der Waals surface area (Å²) in [5.41, 5.74) is 3.08. The summed E-state index contributed by atoms with van der Waals surface area (Å²) in [5.74, 6) is 0.655. The molecule has 2 amide bonds. The lowest BCUT2D eigenvalue weighted by atomic mass is 10.1. The minimum absolute atomic E-state index is 0.0752. The summed E-state index contributed by atoms with van der Waals surface area (Å²) >= 11 is 13.7. The van der Waals surface area contributed by atoms with Crippen molar-refractivity contribution in [3.8, 4) is 0 Å². The monoisotopic (exact) mass is 480 g/mol. The fourth-order valence-corrected chi connectivity index (χ4v) is 4.45. The molecule has 0 aliphatic carbocycles. The highest BCUT2D eigenvalue weighted by Gasteiger charge is 2.25. The molecule has 0 saturated carbocycles. The summed E-state index contributed by atoms with van der Waals surface area (Å²) < 4.78 is 0. The lowest BCUT2D eigenvalue weighted by Gasteiger charge is -2.29. The predicted molar refractivity (Wildman–Crippen MR) is 132 cm³/mol. The van der Waals surface area contributed by atoms with E-state index in [1.54, 1.807) is 24.0 Å². The van der Waals surface area contributed by atoms with Gasteiger partial charge in [0, 0.05) is 28.9 Å². The molecule has 2 aromatic carbocycles. The highest BCUT2D eigenvalue weighted by atomic mass is 35.5. The molecular weight excluding hydrogens is 451 g/mol. The summed E-state index contributed by atoms with van der Waals surface area (Å²) in [6.07, 6.45) is 1.92. The Hall–Kier alpha value is -1.69. The standard InChI is InChI=1S/C24H30Cl2N2O2S/c1-4-5-12-27-24(30)18(3)28(14-19-8-6-17(2)7-9-19)23(29)16-31-15-20-10-11-21(25)13-22(20)26/h6-11,13,18H,4-5,12,14-16H2,1-3H3,(H,27,30)/t18-/m1/s1. The van der Waals surface area contributed by atoms with Crippen molar-refractivity contribution in [3.63, 3.8) is 0 Å². The molecule has 4 nitrogen and oxygen atoms in total. The van der Waals surface area contributed by atoms with Crippen molar-refractivity contribution in [2.24, 2.45) is 0 Å². The first-order chi connectivity index (χ1) is 14.8. The third kappa shape index (κ3) is 8.40. The van der Waals surface area contributed by atoms with Gasteiger partial charge in [0.25, 0.3) is 0 Å². The summed E-state index contributed by atoms with van der Waals surface area (Å²) in [4.78, 5) is 27.4. The molecule has 0 radical (unpaired) electrons. The van der Waals surface area contributed by atoms with Crippen LogP contribution in [-0.2, 0) is 21.9 Å². The number of rotatable bonds is 11. The van der Waals surface area contributed by atoms with Gasteiger partial charge in [-0.05, 0) is 43.5 Å². The summed E-state index contributed by atoms with van der Waals surface area (Å²) in [6, 6.07) is 12.8. The number of unbranched alkanes of at least 4 members (excludes halogenated alkanes) is 1. The van der Waals surface area contributed by atoms with Gasteiger partial charge in [-0.3, -0.25) is 9.59 Å². The molecule has 1 atom stereocenters. The third-order valence-electron chi connectivity index (χ3n) is 4.97. The highest BCUT2D eigenvalue weighted by molar-refractivity contribution is 7.99. The number of hydrogen-bond donors (Lipinski definition) is 1. The first-order valence-corrected chi connectivity index (χ1v) is 12.4. The highest BCUT2D eigenvalue weighted by Crippen LogP contribution is 2.25. The summed E-state index contributed by atoms with van der Waals surface area (Å²) in [6.45, 7) is 6.90. The number of carbonyl (C=O) groups is 2. The quantitative estimate of drug-likeness (QED) is 0.409. The van der Waals surface area contributed by atoms with E-state index < -0.39 is 6.04 Å².